The molecule has 3 N–H and O–H groups in total. The topological polar surface area (TPSA) is 95.1 Å². The number of aromatic nitrogens is 2. The van der Waals surface area contributed by atoms with Crippen LogP contribution in [0.5, 0.6) is 0 Å². The molecule has 1 unspecified atom stereocenters. The number of nitrogens with zero attached hydrogens (tertiary/aromatic N) is 1. The smallest absolute Gasteiger partial charge is 0.303 e. The van der Waals surface area contributed by atoms with Gasteiger partial charge in [-0.1, -0.05) is 27.7 Å². The number of H-pyrrole nitrogens is 1. The van der Waals surface area contributed by atoms with E-state index < -0.39 is 5.97 Å². The first-order valence-electron chi connectivity index (χ1n) is 6.26. The van der Waals surface area contributed by atoms with Crippen LogP contribution in [0.1, 0.15) is 46.2 Å². The Hall–Kier alpha value is -1.85. The minimum absolute atomic E-state index is 0.0127. The zero-order valence-corrected chi connectivity index (χ0v) is 11.8. The second kappa shape index (κ2) is 5.86. The minimum Gasteiger partial charge on any atom is -0.481 e. The van der Waals surface area contributed by atoms with E-state index in [1.165, 1.54) is 0 Å². The third-order valence-electron chi connectivity index (χ3n) is 2.71. The molecule has 0 aliphatic carbocycles. The fraction of sp³-hybridized carbons (Fsp3) is 0.615. The lowest BCUT2D eigenvalue weighted by molar-refractivity contribution is -0.138. The van der Waals surface area contributed by atoms with Crippen LogP contribution >= 0.6 is 0 Å². The highest BCUT2D eigenvalue weighted by atomic mass is 16.4. The second-order valence-electron chi connectivity index (χ2n) is 5.87. The molecule has 19 heavy (non-hydrogen) atoms. The molecule has 0 radical (unpaired) electrons. The van der Waals surface area contributed by atoms with Crippen molar-refractivity contribution in [3.05, 3.63) is 11.8 Å². The molecule has 0 spiro atoms. The van der Waals surface area contributed by atoms with Crippen LogP contribution in [-0.4, -0.2) is 27.2 Å². The Morgan fingerprint density at radius 3 is 2.53 bits per heavy atom. The molecule has 0 saturated carbocycles. The maximum Gasteiger partial charge on any atom is 0.303 e. The number of hydrogen-bond acceptors (Lipinski definition) is 3. The summed E-state index contributed by atoms with van der Waals surface area (Å²) in [4.78, 5) is 22.2. The van der Waals surface area contributed by atoms with Gasteiger partial charge in [-0.15, -0.1) is 0 Å². The molecule has 0 saturated heterocycles. The number of carbonyl (C=O) groups is 2. The van der Waals surface area contributed by atoms with Crippen molar-refractivity contribution < 1.29 is 14.7 Å². The van der Waals surface area contributed by atoms with Gasteiger partial charge in [-0.2, -0.15) is 5.10 Å². The van der Waals surface area contributed by atoms with Crippen LogP contribution in [0.4, 0.5) is 5.82 Å². The zero-order chi connectivity index (χ0) is 14.6. The Bertz CT molecular complexity index is 460. The summed E-state index contributed by atoms with van der Waals surface area (Å²) in [6.45, 7) is 7.86. The van der Waals surface area contributed by atoms with Crippen LogP contribution in [0.3, 0.4) is 0 Å². The van der Waals surface area contributed by atoms with Crippen molar-refractivity contribution in [2.45, 2.75) is 46.0 Å². The third kappa shape index (κ3) is 5.11. The highest BCUT2D eigenvalue weighted by Gasteiger charge is 2.18. The summed E-state index contributed by atoms with van der Waals surface area (Å²) in [5, 5.41) is 18.2. The Balaban J connectivity index is 2.53. The summed E-state index contributed by atoms with van der Waals surface area (Å²) in [6.07, 6.45) is 0.158. The molecule has 6 heteroatoms. The fourth-order valence-corrected chi connectivity index (χ4v) is 1.65. The van der Waals surface area contributed by atoms with Gasteiger partial charge in [0.1, 0.15) is 0 Å². The molecule has 0 fully saturated rings. The highest BCUT2D eigenvalue weighted by Crippen LogP contribution is 2.22. The number of rotatable bonds is 5. The number of aliphatic carboxylic acids is 1. The lowest BCUT2D eigenvalue weighted by Gasteiger charge is -2.14. The quantitative estimate of drug-likeness (QED) is 0.761. The lowest BCUT2D eigenvalue weighted by Crippen LogP contribution is -2.17. The standard InChI is InChI=1S/C13H21N3O3/c1-8(6-12(18)19)5-11(17)14-10-7-9(15-16-10)13(2,3)4/h7-8H,5-6H2,1-4H3,(H,18,19)(H2,14,15,16,17). The fourth-order valence-electron chi connectivity index (χ4n) is 1.65. The van der Waals surface area contributed by atoms with Gasteiger partial charge in [0.25, 0.3) is 0 Å². The summed E-state index contributed by atoms with van der Waals surface area (Å²) >= 11 is 0. The second-order valence-corrected chi connectivity index (χ2v) is 5.87. The molecule has 1 rings (SSSR count). The van der Waals surface area contributed by atoms with Crippen molar-refractivity contribution in [2.24, 2.45) is 5.92 Å². The van der Waals surface area contributed by atoms with E-state index in [1.54, 1.807) is 13.0 Å². The average molecular weight is 267 g/mol. The van der Waals surface area contributed by atoms with Crippen LogP contribution in [-0.2, 0) is 15.0 Å². The van der Waals surface area contributed by atoms with E-state index in [0.29, 0.717) is 5.82 Å². The molecule has 6 nitrogen and oxygen atoms in total. The predicted octanol–water partition coefficient (Wildman–Crippen LogP) is 2.15. The van der Waals surface area contributed by atoms with Gasteiger partial charge in [-0.25, -0.2) is 0 Å². The van der Waals surface area contributed by atoms with E-state index in [4.69, 9.17) is 5.11 Å². The Kier molecular flexibility index (Phi) is 4.69. The zero-order valence-electron chi connectivity index (χ0n) is 11.8. The summed E-state index contributed by atoms with van der Waals surface area (Å²) in [5.74, 6) is -0.841. The number of carboxylic acid groups (broad SMARTS) is 1. The van der Waals surface area contributed by atoms with Gasteiger partial charge < -0.3 is 10.4 Å². The lowest BCUT2D eigenvalue weighted by atomic mass is 9.92. The molecule has 0 aliphatic heterocycles. The van der Waals surface area contributed by atoms with E-state index in [0.717, 1.165) is 5.69 Å². The van der Waals surface area contributed by atoms with Gasteiger partial charge in [0.05, 0.1) is 0 Å². The van der Waals surface area contributed by atoms with E-state index in [1.807, 2.05) is 20.8 Å². The maximum absolute atomic E-state index is 11.7. The number of amides is 1. The van der Waals surface area contributed by atoms with E-state index in [9.17, 15) is 9.59 Å². The van der Waals surface area contributed by atoms with Crippen LogP contribution in [0.25, 0.3) is 0 Å². The van der Waals surface area contributed by atoms with Crippen LogP contribution in [0.15, 0.2) is 6.07 Å². The molecule has 0 bridgehead atoms. The summed E-state index contributed by atoms with van der Waals surface area (Å²) in [7, 11) is 0. The molecule has 1 heterocycles. The van der Waals surface area contributed by atoms with Crippen LogP contribution in [0.2, 0.25) is 0 Å². The first-order chi connectivity index (χ1) is 8.68. The number of aromatic amines is 1. The van der Waals surface area contributed by atoms with Crippen molar-refractivity contribution in [3.63, 3.8) is 0 Å². The monoisotopic (exact) mass is 267 g/mol. The van der Waals surface area contributed by atoms with Gasteiger partial charge in [0, 0.05) is 30.0 Å². The number of carboxylic acids is 1. The number of anilines is 1. The molecule has 1 amide bonds. The van der Waals surface area contributed by atoms with Crippen molar-refractivity contribution in [1.82, 2.24) is 10.2 Å². The first kappa shape index (κ1) is 15.2. The highest BCUT2D eigenvalue weighted by molar-refractivity contribution is 5.90. The summed E-state index contributed by atoms with van der Waals surface area (Å²) in [6, 6.07) is 1.79. The minimum atomic E-state index is -0.893. The normalized spacial score (nSPS) is 13.1. The molecular formula is C13H21N3O3. The van der Waals surface area contributed by atoms with Gasteiger partial charge >= 0.3 is 5.97 Å². The molecular weight excluding hydrogens is 246 g/mol. The molecule has 106 valence electrons. The van der Waals surface area contributed by atoms with E-state index >= 15 is 0 Å². The van der Waals surface area contributed by atoms with Gasteiger partial charge in [-0.05, 0) is 5.92 Å². The SMILES string of the molecule is CC(CC(=O)O)CC(=O)Nc1cc(C(C)(C)C)[nH]n1. The molecule has 0 aliphatic rings. The Labute approximate surface area is 112 Å². The van der Waals surface area contributed by atoms with Gasteiger partial charge in [0.2, 0.25) is 5.91 Å². The molecule has 1 atom stereocenters. The summed E-state index contributed by atoms with van der Waals surface area (Å²) < 4.78 is 0. The molecule has 0 aromatic carbocycles. The van der Waals surface area contributed by atoms with Crippen molar-refractivity contribution in [2.75, 3.05) is 5.32 Å². The number of nitrogens with one attached hydrogen (secondary N) is 2. The van der Waals surface area contributed by atoms with Crippen molar-refractivity contribution in [1.29, 1.82) is 0 Å². The van der Waals surface area contributed by atoms with Gasteiger partial charge in [0.15, 0.2) is 5.82 Å². The number of hydrogen-bond donors (Lipinski definition) is 3. The summed E-state index contributed by atoms with van der Waals surface area (Å²) in [5.41, 5.74) is 0.869. The van der Waals surface area contributed by atoms with Crippen LogP contribution < -0.4 is 5.32 Å². The predicted molar refractivity (Wildman–Crippen MR) is 72.0 cm³/mol. The Morgan fingerprint density at radius 2 is 2.05 bits per heavy atom. The van der Waals surface area contributed by atoms with Crippen LogP contribution in [0, 0.1) is 5.92 Å². The maximum atomic E-state index is 11.7. The van der Waals surface area contributed by atoms with Gasteiger partial charge in [-0.3, -0.25) is 14.7 Å². The van der Waals surface area contributed by atoms with E-state index in [2.05, 4.69) is 15.5 Å². The third-order valence-corrected chi connectivity index (χ3v) is 2.71. The van der Waals surface area contributed by atoms with Crippen molar-refractivity contribution in [3.8, 4) is 0 Å². The average Bonchev–Trinajstić information content (AvgIpc) is 2.63. The van der Waals surface area contributed by atoms with Crippen molar-refractivity contribution >= 4 is 17.7 Å². The molecule has 1 aromatic rings. The van der Waals surface area contributed by atoms with E-state index in [-0.39, 0.29) is 30.1 Å². The first-order valence-corrected chi connectivity index (χ1v) is 6.26. The molecule has 1 aromatic heterocycles. The largest absolute Gasteiger partial charge is 0.481 e. The number of carbonyl (C=O) groups excluding carboxylic acids is 1. The Morgan fingerprint density at radius 1 is 1.42 bits per heavy atom.